The van der Waals surface area contributed by atoms with Gasteiger partial charge in [-0.15, -0.1) is 11.3 Å². The summed E-state index contributed by atoms with van der Waals surface area (Å²) in [5, 5.41) is 3.88. The second-order valence-electron chi connectivity index (χ2n) is 6.41. The van der Waals surface area contributed by atoms with Crippen LogP contribution in [0.15, 0.2) is 29.1 Å². The quantitative estimate of drug-likeness (QED) is 0.674. The first-order valence-corrected chi connectivity index (χ1v) is 9.30. The molecule has 1 atom stereocenters. The molecule has 2 N–H and O–H groups in total. The number of H-pyrrole nitrogens is 1. The van der Waals surface area contributed by atoms with Crippen LogP contribution in [0, 0.1) is 18.7 Å². The van der Waals surface area contributed by atoms with Crippen molar-refractivity contribution in [3.05, 3.63) is 56.7 Å². The van der Waals surface area contributed by atoms with Crippen LogP contribution in [0.1, 0.15) is 36.5 Å². The van der Waals surface area contributed by atoms with E-state index in [4.69, 9.17) is 0 Å². The molecule has 25 heavy (non-hydrogen) atoms. The third-order valence-corrected chi connectivity index (χ3v) is 5.51. The van der Waals surface area contributed by atoms with Crippen LogP contribution < -0.4 is 10.9 Å². The highest BCUT2D eigenvalue weighted by Gasteiger charge is 2.16. The molecular formula is C19H22FN3OS. The van der Waals surface area contributed by atoms with Gasteiger partial charge in [-0.1, -0.05) is 20.3 Å². The Morgan fingerprint density at radius 1 is 1.32 bits per heavy atom. The highest BCUT2D eigenvalue weighted by atomic mass is 32.1. The topological polar surface area (TPSA) is 57.8 Å². The summed E-state index contributed by atoms with van der Waals surface area (Å²) < 4.78 is 12.9. The second-order valence-corrected chi connectivity index (χ2v) is 7.61. The standard InChI is InChI=1S/C19H22FN3OS/c1-4-11(2)9-15-12(3)25-19-17(15)18(24)22-16(23-19)10-21-14-7-5-13(20)6-8-14/h5-8,11,21H,4,9-10H2,1-3H3,(H,22,23,24)/t11-/m0/s1. The maximum Gasteiger partial charge on any atom is 0.259 e. The molecule has 2 heterocycles. The lowest BCUT2D eigenvalue weighted by Gasteiger charge is -2.08. The summed E-state index contributed by atoms with van der Waals surface area (Å²) in [4.78, 5) is 22.0. The minimum absolute atomic E-state index is 0.0800. The average molecular weight is 359 g/mol. The first-order valence-electron chi connectivity index (χ1n) is 8.48. The molecule has 0 spiro atoms. The first kappa shape index (κ1) is 17.6. The third kappa shape index (κ3) is 3.90. The molecule has 0 unspecified atom stereocenters. The zero-order chi connectivity index (χ0) is 18.0. The van der Waals surface area contributed by atoms with Crippen molar-refractivity contribution in [2.45, 2.75) is 40.2 Å². The number of rotatable bonds is 6. The lowest BCUT2D eigenvalue weighted by Crippen LogP contribution is -2.15. The van der Waals surface area contributed by atoms with Crippen molar-refractivity contribution in [3.8, 4) is 0 Å². The Hall–Kier alpha value is -2.21. The average Bonchev–Trinajstić information content (AvgIpc) is 2.90. The van der Waals surface area contributed by atoms with Crippen molar-refractivity contribution in [1.82, 2.24) is 9.97 Å². The number of fused-ring (bicyclic) bond motifs is 1. The van der Waals surface area contributed by atoms with Crippen molar-refractivity contribution < 1.29 is 4.39 Å². The Morgan fingerprint density at radius 2 is 2.04 bits per heavy atom. The highest BCUT2D eigenvalue weighted by Crippen LogP contribution is 2.29. The molecule has 4 nitrogen and oxygen atoms in total. The number of aryl methyl sites for hydroxylation is 1. The molecule has 1 aromatic carbocycles. The molecule has 0 aliphatic heterocycles. The number of nitrogens with one attached hydrogen (secondary N) is 2. The predicted octanol–water partition coefficient (Wildman–Crippen LogP) is 4.63. The van der Waals surface area contributed by atoms with E-state index in [0.29, 0.717) is 18.3 Å². The molecule has 6 heteroatoms. The Morgan fingerprint density at radius 3 is 2.72 bits per heavy atom. The lowest BCUT2D eigenvalue weighted by atomic mass is 9.98. The van der Waals surface area contributed by atoms with Gasteiger partial charge in [-0.3, -0.25) is 4.79 Å². The van der Waals surface area contributed by atoms with E-state index in [1.807, 2.05) is 0 Å². The van der Waals surface area contributed by atoms with Gasteiger partial charge in [-0.2, -0.15) is 0 Å². The largest absolute Gasteiger partial charge is 0.378 e. The summed E-state index contributed by atoms with van der Waals surface area (Å²) >= 11 is 1.57. The zero-order valence-electron chi connectivity index (χ0n) is 14.6. The van der Waals surface area contributed by atoms with Crippen LogP contribution in [-0.4, -0.2) is 9.97 Å². The van der Waals surface area contributed by atoms with Crippen molar-refractivity contribution in [3.63, 3.8) is 0 Å². The number of benzene rings is 1. The summed E-state index contributed by atoms with van der Waals surface area (Å²) in [5.74, 6) is 0.843. The molecular weight excluding hydrogens is 337 g/mol. The van der Waals surface area contributed by atoms with E-state index < -0.39 is 0 Å². The molecule has 0 aliphatic carbocycles. The fourth-order valence-electron chi connectivity index (χ4n) is 2.80. The molecule has 0 aliphatic rings. The Labute approximate surface area is 150 Å². The monoisotopic (exact) mass is 359 g/mol. The second kappa shape index (κ2) is 7.35. The summed E-state index contributed by atoms with van der Waals surface area (Å²) in [7, 11) is 0. The van der Waals surface area contributed by atoms with Gasteiger partial charge in [0.1, 0.15) is 16.5 Å². The Balaban J connectivity index is 1.86. The van der Waals surface area contributed by atoms with E-state index in [9.17, 15) is 9.18 Å². The maximum absolute atomic E-state index is 12.9. The molecule has 3 aromatic rings. The van der Waals surface area contributed by atoms with Gasteiger partial charge in [-0.05, 0) is 49.1 Å². The number of aromatic amines is 1. The van der Waals surface area contributed by atoms with Crippen LogP contribution in [-0.2, 0) is 13.0 Å². The van der Waals surface area contributed by atoms with Gasteiger partial charge >= 0.3 is 0 Å². The minimum atomic E-state index is -0.276. The van der Waals surface area contributed by atoms with Crippen LogP contribution in [0.25, 0.3) is 10.2 Å². The van der Waals surface area contributed by atoms with Gasteiger partial charge in [0.25, 0.3) is 5.56 Å². The van der Waals surface area contributed by atoms with Crippen LogP contribution in [0.3, 0.4) is 0 Å². The summed E-state index contributed by atoms with van der Waals surface area (Å²) in [6.45, 7) is 6.80. The van der Waals surface area contributed by atoms with E-state index in [-0.39, 0.29) is 11.4 Å². The van der Waals surface area contributed by atoms with Crippen LogP contribution >= 0.6 is 11.3 Å². The number of thiophene rings is 1. The summed E-state index contributed by atoms with van der Waals surface area (Å²) in [6, 6.07) is 6.11. The predicted molar refractivity (Wildman–Crippen MR) is 102 cm³/mol. The van der Waals surface area contributed by atoms with Crippen molar-refractivity contribution in [1.29, 1.82) is 0 Å². The van der Waals surface area contributed by atoms with E-state index in [1.54, 1.807) is 23.5 Å². The zero-order valence-corrected chi connectivity index (χ0v) is 15.5. The molecule has 2 aromatic heterocycles. The Kier molecular flexibility index (Phi) is 5.18. The smallest absolute Gasteiger partial charge is 0.259 e. The Bertz CT molecular complexity index is 930. The van der Waals surface area contributed by atoms with Crippen molar-refractivity contribution >= 4 is 27.2 Å². The number of nitrogens with zero attached hydrogens (tertiary/aromatic N) is 1. The lowest BCUT2D eigenvalue weighted by molar-refractivity contribution is 0.561. The maximum atomic E-state index is 12.9. The molecule has 0 fully saturated rings. The minimum Gasteiger partial charge on any atom is -0.378 e. The van der Waals surface area contributed by atoms with Crippen LogP contribution in [0.5, 0.6) is 0 Å². The molecule has 0 radical (unpaired) electrons. The summed E-state index contributed by atoms with van der Waals surface area (Å²) in [5.41, 5.74) is 1.83. The number of halogens is 1. The van der Waals surface area contributed by atoms with Crippen molar-refractivity contribution in [2.24, 2.45) is 5.92 Å². The molecule has 0 saturated heterocycles. The normalized spacial score (nSPS) is 12.5. The van der Waals surface area contributed by atoms with Gasteiger partial charge in [0.05, 0.1) is 11.9 Å². The van der Waals surface area contributed by atoms with Gasteiger partial charge < -0.3 is 10.3 Å². The van der Waals surface area contributed by atoms with Gasteiger partial charge in [-0.25, -0.2) is 9.37 Å². The molecule has 0 bridgehead atoms. The van der Waals surface area contributed by atoms with E-state index >= 15 is 0 Å². The fourth-order valence-corrected chi connectivity index (χ4v) is 3.87. The van der Waals surface area contributed by atoms with E-state index in [0.717, 1.165) is 39.2 Å². The number of anilines is 1. The van der Waals surface area contributed by atoms with E-state index in [2.05, 4.69) is 36.1 Å². The van der Waals surface area contributed by atoms with Crippen LogP contribution in [0.2, 0.25) is 0 Å². The fraction of sp³-hybridized carbons (Fsp3) is 0.368. The van der Waals surface area contributed by atoms with E-state index in [1.165, 1.54) is 12.1 Å². The molecule has 0 amide bonds. The number of hydrogen-bond acceptors (Lipinski definition) is 4. The van der Waals surface area contributed by atoms with Gasteiger partial charge in [0.2, 0.25) is 0 Å². The molecule has 3 rings (SSSR count). The van der Waals surface area contributed by atoms with Crippen molar-refractivity contribution in [2.75, 3.05) is 5.32 Å². The molecule has 132 valence electrons. The van der Waals surface area contributed by atoms with Gasteiger partial charge in [0.15, 0.2) is 0 Å². The number of hydrogen-bond donors (Lipinski definition) is 2. The first-order chi connectivity index (χ1) is 12.0. The van der Waals surface area contributed by atoms with Crippen LogP contribution in [0.4, 0.5) is 10.1 Å². The third-order valence-electron chi connectivity index (χ3n) is 4.47. The highest BCUT2D eigenvalue weighted by molar-refractivity contribution is 7.18. The SMILES string of the molecule is CC[C@H](C)Cc1c(C)sc2nc(CNc3ccc(F)cc3)[nH]c(=O)c12. The molecule has 0 saturated carbocycles. The number of aromatic nitrogens is 2. The van der Waals surface area contributed by atoms with Gasteiger partial charge in [0, 0.05) is 10.6 Å². The summed E-state index contributed by atoms with van der Waals surface area (Å²) in [6.07, 6.45) is 1.99.